The number of benzene rings is 2. The molecule has 0 radical (unpaired) electrons. The van der Waals surface area contributed by atoms with Crippen LogP contribution in [0.3, 0.4) is 0 Å². The number of halogens is 2. The molecule has 0 aromatic heterocycles. The number of rotatable bonds is 4. The van der Waals surface area contributed by atoms with Gasteiger partial charge in [0.25, 0.3) is 5.69 Å². The molecule has 0 bridgehead atoms. The highest BCUT2D eigenvalue weighted by Crippen LogP contribution is 2.28. The summed E-state index contributed by atoms with van der Waals surface area (Å²) in [5, 5.41) is 22.0. The number of carbonyl (C=O) groups is 1. The minimum absolute atomic E-state index is 0.00398. The number of aromatic carboxylic acids is 1. The summed E-state index contributed by atoms with van der Waals surface area (Å²) in [5.41, 5.74) is -1.67. The summed E-state index contributed by atoms with van der Waals surface area (Å²) < 4.78 is 26.9. The lowest BCUT2D eigenvalue weighted by molar-refractivity contribution is -0.385. The molecule has 2 aromatic carbocycles. The number of nitrogens with zero attached hydrogens (tertiary/aromatic N) is 1. The number of nitro groups is 1. The van der Waals surface area contributed by atoms with E-state index in [1.165, 1.54) is 12.1 Å². The van der Waals surface area contributed by atoms with Gasteiger partial charge in [0.1, 0.15) is 22.9 Å². The minimum Gasteiger partial charge on any atom is -0.477 e. The molecule has 2 rings (SSSR count). The Balaban J connectivity index is 2.44. The molecule has 0 aliphatic carbocycles. The van der Waals surface area contributed by atoms with Gasteiger partial charge < -0.3 is 10.4 Å². The highest BCUT2D eigenvalue weighted by molar-refractivity contribution is 5.93. The molecule has 0 unspecified atom stereocenters. The lowest BCUT2D eigenvalue weighted by Crippen LogP contribution is -2.04. The van der Waals surface area contributed by atoms with Gasteiger partial charge in [-0.25, -0.2) is 13.6 Å². The van der Waals surface area contributed by atoms with Crippen LogP contribution in [-0.2, 0) is 0 Å². The van der Waals surface area contributed by atoms with Crippen LogP contribution in [0.1, 0.15) is 10.4 Å². The van der Waals surface area contributed by atoms with Crippen molar-refractivity contribution in [1.82, 2.24) is 0 Å². The number of para-hydroxylation sites is 1. The van der Waals surface area contributed by atoms with E-state index in [-0.39, 0.29) is 5.69 Å². The zero-order valence-corrected chi connectivity index (χ0v) is 10.3. The second kappa shape index (κ2) is 5.53. The van der Waals surface area contributed by atoms with E-state index in [4.69, 9.17) is 5.11 Å². The zero-order chi connectivity index (χ0) is 15.6. The smallest absolute Gasteiger partial charge is 0.342 e. The van der Waals surface area contributed by atoms with Gasteiger partial charge in [0, 0.05) is 11.8 Å². The molecule has 8 heteroatoms. The van der Waals surface area contributed by atoms with Crippen LogP contribution in [0.5, 0.6) is 0 Å². The molecule has 108 valence electrons. The summed E-state index contributed by atoms with van der Waals surface area (Å²) in [4.78, 5) is 20.8. The molecule has 0 saturated carbocycles. The molecule has 0 amide bonds. The van der Waals surface area contributed by atoms with E-state index in [2.05, 4.69) is 5.32 Å². The molecular weight excluding hydrogens is 286 g/mol. The van der Waals surface area contributed by atoms with Crippen LogP contribution in [0.25, 0.3) is 0 Å². The maximum absolute atomic E-state index is 13.5. The largest absolute Gasteiger partial charge is 0.477 e. The van der Waals surface area contributed by atoms with Gasteiger partial charge in [-0.1, -0.05) is 6.07 Å². The summed E-state index contributed by atoms with van der Waals surface area (Å²) >= 11 is 0. The number of carboxylic acids is 1. The van der Waals surface area contributed by atoms with E-state index in [1.54, 1.807) is 0 Å². The van der Waals surface area contributed by atoms with Gasteiger partial charge in [0.2, 0.25) is 0 Å². The van der Waals surface area contributed by atoms with Crippen molar-refractivity contribution in [3.05, 3.63) is 63.7 Å². The van der Waals surface area contributed by atoms with E-state index in [9.17, 15) is 23.7 Å². The molecule has 0 heterocycles. The number of carboxylic acid groups (broad SMARTS) is 1. The first-order chi connectivity index (χ1) is 9.90. The normalized spacial score (nSPS) is 10.2. The van der Waals surface area contributed by atoms with Crippen molar-refractivity contribution >= 4 is 23.0 Å². The number of hydrogen-bond donors (Lipinski definition) is 2. The number of hydrogen-bond acceptors (Lipinski definition) is 4. The van der Waals surface area contributed by atoms with E-state index >= 15 is 0 Å². The van der Waals surface area contributed by atoms with Gasteiger partial charge in [-0.05, 0) is 24.3 Å². The van der Waals surface area contributed by atoms with E-state index in [0.29, 0.717) is 0 Å². The summed E-state index contributed by atoms with van der Waals surface area (Å²) in [5.74, 6) is -3.22. The molecule has 2 N–H and O–H groups in total. The van der Waals surface area contributed by atoms with E-state index in [0.717, 1.165) is 24.3 Å². The number of nitrogens with one attached hydrogen (secondary N) is 1. The molecule has 2 aromatic rings. The topological polar surface area (TPSA) is 92.5 Å². The highest BCUT2D eigenvalue weighted by Gasteiger charge is 2.20. The third-order valence-electron chi connectivity index (χ3n) is 2.66. The predicted molar refractivity (Wildman–Crippen MR) is 69.7 cm³/mol. The molecule has 0 fully saturated rings. The zero-order valence-electron chi connectivity index (χ0n) is 10.3. The number of anilines is 2. The van der Waals surface area contributed by atoms with Crippen molar-refractivity contribution < 1.29 is 23.6 Å². The Kier molecular flexibility index (Phi) is 3.79. The van der Waals surface area contributed by atoms with E-state index < -0.39 is 39.5 Å². The Bertz CT molecular complexity index is 714. The fourth-order valence-corrected chi connectivity index (χ4v) is 1.70. The first-order valence-electron chi connectivity index (χ1n) is 5.63. The van der Waals surface area contributed by atoms with Crippen LogP contribution in [0.2, 0.25) is 0 Å². The van der Waals surface area contributed by atoms with Crippen molar-refractivity contribution in [2.24, 2.45) is 0 Å². The lowest BCUT2D eigenvalue weighted by atomic mass is 10.1. The molecule has 21 heavy (non-hydrogen) atoms. The van der Waals surface area contributed by atoms with E-state index in [1.807, 2.05) is 0 Å². The first kappa shape index (κ1) is 14.4. The Labute approximate surface area is 116 Å². The van der Waals surface area contributed by atoms with Gasteiger partial charge >= 0.3 is 5.97 Å². The maximum atomic E-state index is 13.5. The molecule has 0 aliphatic heterocycles. The Morgan fingerprint density at radius 3 is 2.33 bits per heavy atom. The van der Waals surface area contributed by atoms with Crippen LogP contribution in [0.15, 0.2) is 36.4 Å². The fourth-order valence-electron chi connectivity index (χ4n) is 1.70. The van der Waals surface area contributed by atoms with Crippen molar-refractivity contribution in [2.75, 3.05) is 5.32 Å². The van der Waals surface area contributed by atoms with Crippen LogP contribution < -0.4 is 5.32 Å². The average molecular weight is 294 g/mol. The molecule has 0 atom stereocenters. The van der Waals surface area contributed by atoms with Crippen molar-refractivity contribution in [3.8, 4) is 0 Å². The Hall–Kier alpha value is -3.03. The van der Waals surface area contributed by atoms with Gasteiger partial charge in [-0.15, -0.1) is 0 Å². The second-order valence-corrected chi connectivity index (χ2v) is 4.02. The number of nitro benzene ring substituents is 1. The summed E-state index contributed by atoms with van der Waals surface area (Å²) in [7, 11) is 0. The first-order valence-corrected chi connectivity index (χ1v) is 5.63. The van der Waals surface area contributed by atoms with Crippen LogP contribution in [-0.4, -0.2) is 16.0 Å². The van der Waals surface area contributed by atoms with Gasteiger partial charge in [-0.2, -0.15) is 0 Å². The maximum Gasteiger partial charge on any atom is 0.342 e. The SMILES string of the molecule is O=C(O)c1ccc(Nc2c(F)cccc2F)cc1[N+](=O)[O-]. The molecule has 0 spiro atoms. The Morgan fingerprint density at radius 1 is 1.19 bits per heavy atom. The minimum atomic E-state index is -1.47. The quantitative estimate of drug-likeness (QED) is 0.666. The van der Waals surface area contributed by atoms with Gasteiger partial charge in [0.15, 0.2) is 0 Å². The van der Waals surface area contributed by atoms with Crippen molar-refractivity contribution in [1.29, 1.82) is 0 Å². The molecule has 0 aliphatic rings. The van der Waals surface area contributed by atoms with Crippen molar-refractivity contribution in [3.63, 3.8) is 0 Å². The molecule has 0 saturated heterocycles. The average Bonchev–Trinajstić information content (AvgIpc) is 2.42. The third kappa shape index (κ3) is 2.94. The van der Waals surface area contributed by atoms with Crippen LogP contribution in [0, 0.1) is 21.7 Å². The van der Waals surface area contributed by atoms with Gasteiger partial charge in [-0.3, -0.25) is 10.1 Å². The predicted octanol–water partition coefficient (Wildman–Crippen LogP) is 3.31. The Morgan fingerprint density at radius 2 is 1.81 bits per heavy atom. The summed E-state index contributed by atoms with van der Waals surface area (Å²) in [6.07, 6.45) is 0. The lowest BCUT2D eigenvalue weighted by Gasteiger charge is -2.09. The molecular formula is C13H8F2N2O4. The van der Waals surface area contributed by atoms with Crippen LogP contribution in [0.4, 0.5) is 25.8 Å². The highest BCUT2D eigenvalue weighted by atomic mass is 19.1. The molecule has 6 nitrogen and oxygen atoms in total. The second-order valence-electron chi connectivity index (χ2n) is 4.02. The summed E-state index contributed by atoms with van der Waals surface area (Å²) in [6, 6.07) is 6.28. The van der Waals surface area contributed by atoms with Crippen LogP contribution >= 0.6 is 0 Å². The van der Waals surface area contributed by atoms with Gasteiger partial charge in [0.05, 0.1) is 4.92 Å². The third-order valence-corrected chi connectivity index (χ3v) is 2.66. The summed E-state index contributed by atoms with van der Waals surface area (Å²) in [6.45, 7) is 0. The fraction of sp³-hybridized carbons (Fsp3) is 0. The van der Waals surface area contributed by atoms with Crippen molar-refractivity contribution in [2.45, 2.75) is 0 Å². The standard InChI is InChI=1S/C13H8F2N2O4/c14-9-2-1-3-10(15)12(9)16-7-4-5-8(13(18)19)11(6-7)17(20)21/h1-6,16H,(H,18,19). The monoisotopic (exact) mass is 294 g/mol.